The number of benzene rings is 1. The zero-order valence-corrected chi connectivity index (χ0v) is 14.8. The Hall–Kier alpha value is -2.65. The molecule has 0 aliphatic carbocycles. The van der Waals surface area contributed by atoms with Crippen LogP contribution in [0.5, 0.6) is 0 Å². The van der Waals surface area contributed by atoms with Gasteiger partial charge in [0.05, 0.1) is 17.8 Å². The Morgan fingerprint density at radius 3 is 2.58 bits per heavy atom. The first-order valence-corrected chi connectivity index (χ1v) is 8.68. The van der Waals surface area contributed by atoms with Crippen molar-refractivity contribution in [3.63, 3.8) is 0 Å². The molecule has 0 bridgehead atoms. The van der Waals surface area contributed by atoms with Gasteiger partial charge >= 0.3 is 5.69 Å². The van der Waals surface area contributed by atoms with Gasteiger partial charge in [0, 0.05) is 25.9 Å². The molecule has 4 rings (SSSR count). The molecule has 1 aromatic heterocycles. The normalized spacial score (nSPS) is 21.2. The van der Waals surface area contributed by atoms with Gasteiger partial charge < -0.3 is 10.0 Å². The zero-order chi connectivity index (χ0) is 18.6. The van der Waals surface area contributed by atoms with Crippen molar-refractivity contribution < 1.29 is 9.50 Å². The standard InChI is InChI=1S/C17H15FN4O3S/c1-20-12-9-22-7-8-26-15(22)19-17(25,10-3-5-11(18)6-4-10)13(12)14(23)21(2)16(20)24/h3-8,25H,9H2,1-2H3/t17-/m1/s1. The smallest absolute Gasteiger partial charge is 0.330 e. The highest BCUT2D eigenvalue weighted by molar-refractivity contribution is 8.16. The van der Waals surface area contributed by atoms with Crippen molar-refractivity contribution in [1.82, 2.24) is 14.0 Å². The average molecular weight is 374 g/mol. The molecule has 9 heteroatoms. The molecule has 0 radical (unpaired) electrons. The van der Waals surface area contributed by atoms with Gasteiger partial charge in [-0.2, -0.15) is 0 Å². The number of thioether (sulfide) groups is 1. The molecule has 0 amide bonds. The Kier molecular flexibility index (Phi) is 3.67. The fourth-order valence-electron chi connectivity index (χ4n) is 3.18. The molecular weight excluding hydrogens is 359 g/mol. The lowest BCUT2D eigenvalue weighted by Crippen LogP contribution is -2.46. The molecule has 1 aromatic carbocycles. The lowest BCUT2D eigenvalue weighted by molar-refractivity contribution is 0.0879. The average Bonchev–Trinajstić information content (AvgIpc) is 2.99. The number of fused-ring (bicyclic) bond motifs is 2. The van der Waals surface area contributed by atoms with Crippen molar-refractivity contribution in [2.45, 2.75) is 12.3 Å². The minimum absolute atomic E-state index is 0.00962. The number of hydrogen-bond donors (Lipinski definition) is 1. The number of nitrogens with zero attached hydrogens (tertiary/aromatic N) is 4. The van der Waals surface area contributed by atoms with E-state index >= 15 is 0 Å². The van der Waals surface area contributed by atoms with E-state index in [4.69, 9.17) is 0 Å². The summed E-state index contributed by atoms with van der Waals surface area (Å²) in [6.07, 6.45) is 1.77. The number of amidine groups is 1. The number of rotatable bonds is 1. The van der Waals surface area contributed by atoms with Gasteiger partial charge in [0.1, 0.15) is 5.82 Å². The van der Waals surface area contributed by atoms with Gasteiger partial charge in [-0.3, -0.25) is 13.9 Å². The zero-order valence-electron chi connectivity index (χ0n) is 14.0. The maximum absolute atomic E-state index is 13.4. The van der Waals surface area contributed by atoms with Crippen LogP contribution in [0.3, 0.4) is 0 Å². The number of aliphatic imine (C=N–C) groups is 1. The lowest BCUT2D eigenvalue weighted by Gasteiger charge is -2.26. The van der Waals surface area contributed by atoms with E-state index in [2.05, 4.69) is 4.99 Å². The van der Waals surface area contributed by atoms with Crippen LogP contribution in [0.2, 0.25) is 0 Å². The summed E-state index contributed by atoms with van der Waals surface area (Å²) in [6, 6.07) is 5.16. The van der Waals surface area contributed by atoms with Gasteiger partial charge in [0.15, 0.2) is 5.17 Å². The first-order valence-electron chi connectivity index (χ1n) is 7.80. The fourth-order valence-corrected chi connectivity index (χ4v) is 3.95. The fraction of sp³-hybridized carbons (Fsp3) is 0.235. The molecule has 2 aliphatic rings. The van der Waals surface area contributed by atoms with Gasteiger partial charge in [-0.1, -0.05) is 23.9 Å². The highest BCUT2D eigenvalue weighted by Gasteiger charge is 2.42. The SMILES string of the molecule is Cn1c2c(c(=O)n(C)c1=O)[C@](O)(c1ccc(F)cc1)N=C1SC=CN1C2. The van der Waals surface area contributed by atoms with Crippen LogP contribution in [-0.2, 0) is 26.4 Å². The molecule has 7 nitrogen and oxygen atoms in total. The summed E-state index contributed by atoms with van der Waals surface area (Å²) in [5, 5.41) is 13.8. The van der Waals surface area contributed by atoms with Gasteiger partial charge in [-0.15, -0.1) is 0 Å². The Bertz CT molecular complexity index is 1090. The van der Waals surface area contributed by atoms with Gasteiger partial charge in [0.2, 0.25) is 5.72 Å². The van der Waals surface area contributed by atoms with Crippen LogP contribution in [0.1, 0.15) is 16.8 Å². The van der Waals surface area contributed by atoms with Crippen LogP contribution >= 0.6 is 11.8 Å². The third kappa shape index (κ3) is 2.27. The summed E-state index contributed by atoms with van der Waals surface area (Å²) in [6.45, 7) is 0.211. The first-order chi connectivity index (χ1) is 12.3. The van der Waals surface area contributed by atoms with Gasteiger partial charge in [-0.25, -0.2) is 14.2 Å². The second kappa shape index (κ2) is 5.68. The summed E-state index contributed by atoms with van der Waals surface area (Å²) in [4.78, 5) is 31.5. The largest absolute Gasteiger partial charge is 0.362 e. The van der Waals surface area contributed by atoms with Crippen molar-refractivity contribution >= 4 is 16.9 Å². The monoisotopic (exact) mass is 374 g/mol. The molecule has 0 spiro atoms. The second-order valence-corrected chi connectivity index (χ2v) is 7.00. The summed E-state index contributed by atoms with van der Waals surface area (Å²) in [5.74, 6) is -0.467. The summed E-state index contributed by atoms with van der Waals surface area (Å²) in [7, 11) is 2.90. The highest BCUT2D eigenvalue weighted by Crippen LogP contribution is 2.37. The quantitative estimate of drug-likeness (QED) is 0.799. The van der Waals surface area contributed by atoms with E-state index in [1.54, 1.807) is 23.6 Å². The maximum atomic E-state index is 13.4. The van der Waals surface area contributed by atoms with Crippen molar-refractivity contribution in [3.05, 3.63) is 79.3 Å². The molecule has 1 N–H and O–H groups in total. The molecule has 0 saturated heterocycles. The van der Waals surface area contributed by atoms with Crippen LogP contribution in [0.15, 0.2) is 50.5 Å². The Labute approximate surface area is 151 Å². The Balaban J connectivity index is 2.11. The van der Waals surface area contributed by atoms with Crippen molar-refractivity contribution in [3.8, 4) is 0 Å². The molecule has 2 aliphatic heterocycles. The van der Waals surface area contributed by atoms with E-state index in [-0.39, 0.29) is 17.7 Å². The number of halogens is 1. The van der Waals surface area contributed by atoms with Crippen LogP contribution in [0.25, 0.3) is 0 Å². The van der Waals surface area contributed by atoms with Crippen LogP contribution in [0.4, 0.5) is 4.39 Å². The van der Waals surface area contributed by atoms with Crippen molar-refractivity contribution in [2.75, 3.05) is 0 Å². The van der Waals surface area contributed by atoms with E-state index in [9.17, 15) is 19.1 Å². The molecule has 0 saturated carbocycles. The molecular formula is C17H15FN4O3S. The third-order valence-corrected chi connectivity index (χ3v) is 5.41. The molecule has 0 fully saturated rings. The van der Waals surface area contributed by atoms with E-state index in [1.807, 2.05) is 0 Å². The number of aliphatic hydroxyl groups is 1. The minimum Gasteiger partial charge on any atom is -0.362 e. The summed E-state index contributed by atoms with van der Waals surface area (Å²) >= 11 is 1.30. The van der Waals surface area contributed by atoms with E-state index in [0.717, 1.165) is 4.57 Å². The molecule has 1 atom stereocenters. The number of aromatic nitrogens is 2. The lowest BCUT2D eigenvalue weighted by atomic mass is 9.94. The van der Waals surface area contributed by atoms with Crippen LogP contribution in [-0.4, -0.2) is 24.3 Å². The molecule has 0 unspecified atom stereocenters. The van der Waals surface area contributed by atoms with Crippen molar-refractivity contribution in [1.29, 1.82) is 0 Å². The Morgan fingerprint density at radius 1 is 1.19 bits per heavy atom. The molecule has 134 valence electrons. The van der Waals surface area contributed by atoms with E-state index in [1.165, 1.54) is 47.6 Å². The molecule has 3 heterocycles. The van der Waals surface area contributed by atoms with E-state index < -0.39 is 22.8 Å². The third-order valence-electron chi connectivity index (χ3n) is 4.62. The number of hydrogen-bond acceptors (Lipinski definition) is 6. The van der Waals surface area contributed by atoms with Gasteiger partial charge in [-0.05, 0) is 17.5 Å². The maximum Gasteiger partial charge on any atom is 0.330 e. The minimum atomic E-state index is -2.04. The topological polar surface area (TPSA) is 79.8 Å². The second-order valence-electron chi connectivity index (χ2n) is 6.13. The predicted octanol–water partition coefficient (Wildman–Crippen LogP) is 0.806. The molecule has 26 heavy (non-hydrogen) atoms. The van der Waals surface area contributed by atoms with Crippen LogP contribution in [0, 0.1) is 5.82 Å². The van der Waals surface area contributed by atoms with E-state index in [0.29, 0.717) is 10.9 Å². The van der Waals surface area contributed by atoms with Crippen molar-refractivity contribution in [2.24, 2.45) is 19.1 Å². The Morgan fingerprint density at radius 2 is 1.88 bits per heavy atom. The summed E-state index contributed by atoms with van der Waals surface area (Å²) < 4.78 is 15.7. The van der Waals surface area contributed by atoms with Crippen LogP contribution < -0.4 is 11.2 Å². The highest BCUT2D eigenvalue weighted by atomic mass is 32.2. The first kappa shape index (κ1) is 16.8. The summed E-state index contributed by atoms with van der Waals surface area (Å²) in [5.41, 5.74) is -2.56. The predicted molar refractivity (Wildman–Crippen MR) is 96.0 cm³/mol. The van der Waals surface area contributed by atoms with Gasteiger partial charge in [0.25, 0.3) is 5.56 Å². The molecule has 2 aromatic rings.